The number of hydrogen-bond acceptors (Lipinski definition) is 2. The van der Waals surface area contributed by atoms with E-state index in [-0.39, 0.29) is 18.7 Å². The molecule has 0 aliphatic heterocycles. The maximum Gasteiger partial charge on any atom is 0.339 e. The van der Waals surface area contributed by atoms with E-state index in [0.29, 0.717) is 11.3 Å². The minimum absolute atomic E-state index is 0.0188. The lowest BCUT2D eigenvalue weighted by Crippen LogP contribution is -2.10. The number of aryl methyl sites for hydroxylation is 1. The molecule has 0 aliphatic carbocycles. The molecule has 1 aromatic heterocycles. The van der Waals surface area contributed by atoms with E-state index in [4.69, 9.17) is 4.74 Å². The minimum atomic E-state index is -0.597. The van der Waals surface area contributed by atoms with Crippen molar-refractivity contribution in [3.05, 3.63) is 58.4 Å². The zero-order valence-corrected chi connectivity index (χ0v) is 12.2. The molecule has 5 heteroatoms. The first-order chi connectivity index (χ1) is 9.95. The van der Waals surface area contributed by atoms with E-state index in [1.54, 1.807) is 31.4 Å². The second-order valence-corrected chi connectivity index (χ2v) is 4.79. The highest BCUT2D eigenvalue weighted by Gasteiger charge is 2.18. The summed E-state index contributed by atoms with van der Waals surface area (Å²) in [6, 6.07) is 5.44. The number of esters is 1. The normalized spacial score (nSPS) is 10.7. The Bertz CT molecular complexity index is 657. The smallest absolute Gasteiger partial charge is 0.339 e. The maximum atomic E-state index is 13.7. The molecule has 21 heavy (non-hydrogen) atoms. The number of rotatable bonds is 4. The van der Waals surface area contributed by atoms with E-state index in [9.17, 15) is 13.6 Å². The molecule has 1 heterocycles. The quantitative estimate of drug-likeness (QED) is 0.806. The molecular formula is C16H17F2NO2. The maximum absolute atomic E-state index is 13.7. The monoisotopic (exact) mass is 293 g/mol. The van der Waals surface area contributed by atoms with Crippen LogP contribution in [0, 0.1) is 25.5 Å². The summed E-state index contributed by atoms with van der Waals surface area (Å²) in [5.74, 6) is -1.62. The highest BCUT2D eigenvalue weighted by atomic mass is 19.1. The molecule has 0 bridgehead atoms. The van der Waals surface area contributed by atoms with Gasteiger partial charge in [0.1, 0.15) is 11.6 Å². The SMILES string of the molecule is CCOC(=O)c1cc(C)n(Cc2c(F)cccc2F)c1C. The summed E-state index contributed by atoms with van der Waals surface area (Å²) in [4.78, 5) is 11.8. The minimum Gasteiger partial charge on any atom is -0.462 e. The molecule has 0 N–H and O–H groups in total. The molecule has 2 rings (SSSR count). The number of carbonyl (C=O) groups excluding carboxylic acids is 1. The van der Waals surface area contributed by atoms with Crippen LogP contribution in [-0.4, -0.2) is 17.1 Å². The van der Waals surface area contributed by atoms with Gasteiger partial charge in [0.05, 0.1) is 18.7 Å². The van der Waals surface area contributed by atoms with Crippen molar-refractivity contribution in [2.75, 3.05) is 6.61 Å². The zero-order valence-electron chi connectivity index (χ0n) is 12.2. The molecule has 1 aromatic carbocycles. The molecule has 0 spiro atoms. The Morgan fingerprint density at radius 1 is 1.24 bits per heavy atom. The van der Waals surface area contributed by atoms with Crippen molar-refractivity contribution in [2.24, 2.45) is 0 Å². The number of ether oxygens (including phenoxy) is 1. The summed E-state index contributed by atoms with van der Waals surface area (Å²) in [6.07, 6.45) is 0. The molecule has 3 nitrogen and oxygen atoms in total. The predicted octanol–water partition coefficient (Wildman–Crippen LogP) is 3.61. The molecule has 0 fully saturated rings. The second-order valence-electron chi connectivity index (χ2n) is 4.79. The lowest BCUT2D eigenvalue weighted by molar-refractivity contribution is 0.0525. The van der Waals surface area contributed by atoms with Crippen LogP contribution in [0.4, 0.5) is 8.78 Å². The van der Waals surface area contributed by atoms with E-state index >= 15 is 0 Å². The van der Waals surface area contributed by atoms with Gasteiger partial charge >= 0.3 is 5.97 Å². The summed E-state index contributed by atoms with van der Waals surface area (Å²) in [6.45, 7) is 5.57. The Hall–Kier alpha value is -2.17. The van der Waals surface area contributed by atoms with Crippen LogP contribution >= 0.6 is 0 Å². The predicted molar refractivity (Wildman–Crippen MR) is 75.3 cm³/mol. The number of hydrogen-bond donors (Lipinski definition) is 0. The van der Waals surface area contributed by atoms with Crippen molar-refractivity contribution in [3.8, 4) is 0 Å². The molecule has 0 radical (unpaired) electrons. The van der Waals surface area contributed by atoms with Crippen LogP contribution in [0.15, 0.2) is 24.3 Å². The first-order valence-electron chi connectivity index (χ1n) is 6.72. The van der Waals surface area contributed by atoms with E-state index in [2.05, 4.69) is 0 Å². The van der Waals surface area contributed by atoms with E-state index in [0.717, 1.165) is 5.69 Å². The molecule has 0 amide bonds. The number of benzene rings is 1. The van der Waals surface area contributed by atoms with Gasteiger partial charge in [-0.05, 0) is 39.0 Å². The standard InChI is InChI=1S/C16H17F2NO2/c1-4-21-16(20)12-8-10(2)19(11(12)3)9-13-14(17)6-5-7-15(13)18/h5-8H,4,9H2,1-3H3. The number of aromatic nitrogens is 1. The molecule has 112 valence electrons. The number of nitrogens with zero attached hydrogens (tertiary/aromatic N) is 1. The van der Waals surface area contributed by atoms with Gasteiger partial charge in [-0.15, -0.1) is 0 Å². The van der Waals surface area contributed by atoms with E-state index in [1.165, 1.54) is 18.2 Å². The van der Waals surface area contributed by atoms with Crippen molar-refractivity contribution in [2.45, 2.75) is 27.3 Å². The van der Waals surface area contributed by atoms with Crippen LogP contribution in [0.5, 0.6) is 0 Å². The van der Waals surface area contributed by atoms with Gasteiger partial charge in [-0.2, -0.15) is 0 Å². The third kappa shape index (κ3) is 2.96. The van der Waals surface area contributed by atoms with Gasteiger partial charge in [-0.3, -0.25) is 0 Å². The first kappa shape index (κ1) is 15.2. The van der Waals surface area contributed by atoms with Crippen LogP contribution in [0.3, 0.4) is 0 Å². The molecule has 0 aliphatic rings. The summed E-state index contributed by atoms with van der Waals surface area (Å²) in [7, 11) is 0. The molecule has 2 aromatic rings. The third-order valence-electron chi connectivity index (χ3n) is 3.45. The van der Waals surface area contributed by atoms with Gasteiger partial charge in [0.2, 0.25) is 0 Å². The Morgan fingerprint density at radius 3 is 2.43 bits per heavy atom. The van der Waals surface area contributed by atoms with Crippen molar-refractivity contribution in [1.82, 2.24) is 4.57 Å². The second kappa shape index (κ2) is 6.08. The topological polar surface area (TPSA) is 31.2 Å². The molecule has 0 saturated heterocycles. The van der Waals surface area contributed by atoms with Crippen molar-refractivity contribution >= 4 is 5.97 Å². The zero-order chi connectivity index (χ0) is 15.6. The number of carbonyl (C=O) groups is 1. The number of halogens is 2. The van der Waals surface area contributed by atoms with Gasteiger partial charge in [-0.25, -0.2) is 13.6 Å². The highest BCUT2D eigenvalue weighted by Crippen LogP contribution is 2.20. The Morgan fingerprint density at radius 2 is 1.86 bits per heavy atom. The van der Waals surface area contributed by atoms with E-state index < -0.39 is 17.6 Å². The third-order valence-corrected chi connectivity index (χ3v) is 3.45. The van der Waals surface area contributed by atoms with E-state index in [1.807, 2.05) is 0 Å². The van der Waals surface area contributed by atoms with Crippen molar-refractivity contribution < 1.29 is 18.3 Å². The summed E-state index contributed by atoms with van der Waals surface area (Å²) in [5.41, 5.74) is 1.78. The Balaban J connectivity index is 2.40. The largest absolute Gasteiger partial charge is 0.462 e. The van der Waals surface area contributed by atoms with Gasteiger partial charge in [0, 0.05) is 17.0 Å². The van der Waals surface area contributed by atoms with Crippen molar-refractivity contribution in [3.63, 3.8) is 0 Å². The first-order valence-corrected chi connectivity index (χ1v) is 6.72. The van der Waals surface area contributed by atoms with Crippen LogP contribution in [0.1, 0.15) is 34.2 Å². The average molecular weight is 293 g/mol. The van der Waals surface area contributed by atoms with Gasteiger partial charge in [-0.1, -0.05) is 6.07 Å². The fraction of sp³-hybridized carbons (Fsp3) is 0.312. The molecule has 0 unspecified atom stereocenters. The van der Waals surface area contributed by atoms with Crippen LogP contribution in [-0.2, 0) is 11.3 Å². The molecule has 0 saturated carbocycles. The van der Waals surface area contributed by atoms with Crippen LogP contribution in [0.25, 0.3) is 0 Å². The van der Waals surface area contributed by atoms with Gasteiger partial charge in [0.15, 0.2) is 0 Å². The van der Waals surface area contributed by atoms with Gasteiger partial charge in [0.25, 0.3) is 0 Å². The fourth-order valence-electron chi connectivity index (χ4n) is 2.30. The van der Waals surface area contributed by atoms with Crippen molar-refractivity contribution in [1.29, 1.82) is 0 Å². The average Bonchev–Trinajstić information content (AvgIpc) is 2.70. The summed E-state index contributed by atoms with van der Waals surface area (Å²) >= 11 is 0. The Labute approximate surface area is 122 Å². The molecule has 0 atom stereocenters. The molecular weight excluding hydrogens is 276 g/mol. The lowest BCUT2D eigenvalue weighted by Gasteiger charge is -2.11. The highest BCUT2D eigenvalue weighted by molar-refractivity contribution is 5.91. The van der Waals surface area contributed by atoms with Crippen LogP contribution < -0.4 is 0 Å². The summed E-state index contributed by atoms with van der Waals surface area (Å²) < 4.78 is 34.2. The fourth-order valence-corrected chi connectivity index (χ4v) is 2.30. The summed E-state index contributed by atoms with van der Waals surface area (Å²) in [5, 5.41) is 0. The Kier molecular flexibility index (Phi) is 4.40. The van der Waals surface area contributed by atoms with Crippen LogP contribution in [0.2, 0.25) is 0 Å². The lowest BCUT2D eigenvalue weighted by atomic mass is 10.2. The van der Waals surface area contributed by atoms with Gasteiger partial charge < -0.3 is 9.30 Å².